The molecule has 0 aliphatic heterocycles. The molecule has 1 aliphatic rings. The number of pyridine rings is 1. The van der Waals surface area contributed by atoms with Gasteiger partial charge in [0, 0.05) is 24.1 Å². The van der Waals surface area contributed by atoms with Crippen LogP contribution in [0.15, 0.2) is 35.1 Å². The summed E-state index contributed by atoms with van der Waals surface area (Å²) in [4.78, 5) is 4.43. The molecule has 2 aromatic heterocycles. The summed E-state index contributed by atoms with van der Waals surface area (Å²) in [5, 5.41) is 0. The first-order valence-electron chi connectivity index (χ1n) is 5.84. The predicted molar refractivity (Wildman–Crippen MR) is 71.1 cm³/mol. The average molecular weight is 292 g/mol. The minimum atomic E-state index is 0.183. The highest BCUT2D eigenvalue weighted by Crippen LogP contribution is 2.31. The lowest BCUT2D eigenvalue weighted by Gasteiger charge is -2.20. The van der Waals surface area contributed by atoms with E-state index >= 15 is 0 Å². The summed E-state index contributed by atoms with van der Waals surface area (Å²) in [6.07, 6.45) is 7.21. The van der Waals surface area contributed by atoms with Crippen molar-refractivity contribution in [2.24, 2.45) is 5.73 Å². The quantitative estimate of drug-likeness (QED) is 0.878. The Balaban J connectivity index is 2.14. The molecule has 17 heavy (non-hydrogen) atoms. The lowest BCUT2D eigenvalue weighted by atomic mass is 9.94. The summed E-state index contributed by atoms with van der Waals surface area (Å²) in [5.41, 5.74) is 8.71. The summed E-state index contributed by atoms with van der Waals surface area (Å²) in [7, 11) is 0. The molecule has 3 nitrogen and oxygen atoms in total. The van der Waals surface area contributed by atoms with E-state index in [-0.39, 0.29) is 6.04 Å². The van der Waals surface area contributed by atoms with Gasteiger partial charge in [0.1, 0.15) is 0 Å². The number of nitrogens with zero attached hydrogens (tertiary/aromatic N) is 2. The molecule has 0 radical (unpaired) electrons. The number of halogens is 1. The standard InChI is InChI=1S/C13H14BrN3/c14-10-3-2-7-16-13(10)17-8-6-9-11(15)4-1-5-12(9)17/h2-3,6-8,11H,1,4-5,15H2. The molecule has 3 rings (SSSR count). The highest BCUT2D eigenvalue weighted by atomic mass is 79.9. The van der Waals surface area contributed by atoms with Crippen LogP contribution in [-0.4, -0.2) is 9.55 Å². The van der Waals surface area contributed by atoms with E-state index in [4.69, 9.17) is 5.73 Å². The van der Waals surface area contributed by atoms with Gasteiger partial charge in [-0.05, 0) is 59.0 Å². The lowest BCUT2D eigenvalue weighted by molar-refractivity contribution is 0.559. The van der Waals surface area contributed by atoms with E-state index in [1.807, 2.05) is 18.3 Å². The minimum absolute atomic E-state index is 0.183. The Labute approximate surface area is 109 Å². The molecule has 2 N–H and O–H groups in total. The summed E-state index contributed by atoms with van der Waals surface area (Å²) in [6.45, 7) is 0. The number of hydrogen-bond acceptors (Lipinski definition) is 2. The highest BCUT2D eigenvalue weighted by Gasteiger charge is 2.21. The van der Waals surface area contributed by atoms with Crippen LogP contribution in [0, 0.1) is 0 Å². The number of nitrogens with two attached hydrogens (primary N) is 1. The van der Waals surface area contributed by atoms with Crippen molar-refractivity contribution in [2.75, 3.05) is 0 Å². The first kappa shape index (κ1) is 11.0. The first-order chi connectivity index (χ1) is 8.27. The third-order valence-corrected chi connectivity index (χ3v) is 3.94. The van der Waals surface area contributed by atoms with Gasteiger partial charge >= 0.3 is 0 Å². The zero-order valence-electron chi connectivity index (χ0n) is 9.44. The smallest absolute Gasteiger partial charge is 0.151 e. The van der Waals surface area contributed by atoms with Crippen LogP contribution in [0.25, 0.3) is 5.82 Å². The average Bonchev–Trinajstić information content (AvgIpc) is 2.75. The molecule has 4 heteroatoms. The van der Waals surface area contributed by atoms with Gasteiger partial charge in [0.25, 0.3) is 0 Å². The molecule has 0 aromatic carbocycles. The molecule has 2 aromatic rings. The van der Waals surface area contributed by atoms with Crippen LogP contribution in [0.2, 0.25) is 0 Å². The fourth-order valence-corrected chi connectivity index (χ4v) is 2.93. The van der Waals surface area contributed by atoms with Crippen LogP contribution in [0.3, 0.4) is 0 Å². The Morgan fingerprint density at radius 3 is 3.12 bits per heavy atom. The summed E-state index contributed by atoms with van der Waals surface area (Å²) in [6, 6.07) is 6.25. The molecule has 0 spiro atoms. The second-order valence-electron chi connectivity index (χ2n) is 4.40. The van der Waals surface area contributed by atoms with Crippen molar-refractivity contribution in [3.8, 4) is 5.82 Å². The summed E-state index contributed by atoms with van der Waals surface area (Å²) < 4.78 is 3.16. The molecule has 1 atom stereocenters. The van der Waals surface area contributed by atoms with E-state index in [2.05, 4.69) is 37.7 Å². The second kappa shape index (κ2) is 4.27. The van der Waals surface area contributed by atoms with Crippen molar-refractivity contribution in [1.29, 1.82) is 0 Å². The topological polar surface area (TPSA) is 43.8 Å². The van der Waals surface area contributed by atoms with Gasteiger partial charge < -0.3 is 10.3 Å². The maximum atomic E-state index is 6.13. The van der Waals surface area contributed by atoms with Gasteiger partial charge in [-0.3, -0.25) is 0 Å². The molecular formula is C13H14BrN3. The van der Waals surface area contributed by atoms with Gasteiger partial charge in [-0.25, -0.2) is 4.98 Å². The van der Waals surface area contributed by atoms with Crippen LogP contribution >= 0.6 is 15.9 Å². The van der Waals surface area contributed by atoms with Crippen LogP contribution in [0.5, 0.6) is 0 Å². The Morgan fingerprint density at radius 2 is 2.29 bits per heavy atom. The SMILES string of the molecule is NC1CCCc2c1ccn2-c1ncccc1Br. The fraction of sp³-hybridized carbons (Fsp3) is 0.308. The fourth-order valence-electron chi connectivity index (χ4n) is 2.48. The molecule has 1 unspecified atom stereocenters. The van der Waals surface area contributed by atoms with Crippen molar-refractivity contribution in [3.63, 3.8) is 0 Å². The van der Waals surface area contributed by atoms with E-state index in [9.17, 15) is 0 Å². The van der Waals surface area contributed by atoms with Crippen molar-refractivity contribution < 1.29 is 0 Å². The van der Waals surface area contributed by atoms with E-state index in [1.165, 1.54) is 11.3 Å². The largest absolute Gasteiger partial charge is 0.324 e. The molecule has 0 saturated heterocycles. The van der Waals surface area contributed by atoms with Crippen molar-refractivity contribution in [1.82, 2.24) is 9.55 Å². The molecule has 0 fully saturated rings. The first-order valence-corrected chi connectivity index (χ1v) is 6.63. The number of hydrogen-bond donors (Lipinski definition) is 1. The number of fused-ring (bicyclic) bond motifs is 1. The second-order valence-corrected chi connectivity index (χ2v) is 5.25. The number of rotatable bonds is 1. The molecule has 1 aliphatic carbocycles. The van der Waals surface area contributed by atoms with Crippen LogP contribution in [-0.2, 0) is 6.42 Å². The Morgan fingerprint density at radius 1 is 1.41 bits per heavy atom. The van der Waals surface area contributed by atoms with Crippen molar-refractivity contribution in [3.05, 3.63) is 46.3 Å². The van der Waals surface area contributed by atoms with E-state index < -0.39 is 0 Å². The molecule has 0 bridgehead atoms. The number of aromatic nitrogens is 2. The molecule has 0 amide bonds. The minimum Gasteiger partial charge on any atom is -0.324 e. The van der Waals surface area contributed by atoms with Crippen LogP contribution in [0.1, 0.15) is 30.1 Å². The third kappa shape index (κ3) is 1.81. The van der Waals surface area contributed by atoms with Crippen LogP contribution < -0.4 is 5.73 Å². The molecule has 0 saturated carbocycles. The van der Waals surface area contributed by atoms with Gasteiger partial charge in [0.2, 0.25) is 0 Å². The Bertz CT molecular complexity index is 547. The van der Waals surface area contributed by atoms with Crippen molar-refractivity contribution in [2.45, 2.75) is 25.3 Å². The zero-order chi connectivity index (χ0) is 11.8. The molecule has 88 valence electrons. The van der Waals surface area contributed by atoms with E-state index in [0.717, 1.165) is 29.6 Å². The van der Waals surface area contributed by atoms with Gasteiger partial charge in [-0.2, -0.15) is 0 Å². The third-order valence-electron chi connectivity index (χ3n) is 3.32. The molecular weight excluding hydrogens is 278 g/mol. The maximum absolute atomic E-state index is 6.13. The van der Waals surface area contributed by atoms with E-state index in [1.54, 1.807) is 0 Å². The Hall–Kier alpha value is -1.13. The van der Waals surface area contributed by atoms with Gasteiger partial charge in [-0.1, -0.05) is 0 Å². The maximum Gasteiger partial charge on any atom is 0.151 e. The predicted octanol–water partition coefficient (Wildman–Crippen LogP) is 2.97. The Kier molecular flexibility index (Phi) is 2.76. The summed E-state index contributed by atoms with van der Waals surface area (Å²) in [5.74, 6) is 0.947. The van der Waals surface area contributed by atoms with Crippen LogP contribution in [0.4, 0.5) is 0 Å². The molecule has 2 heterocycles. The highest BCUT2D eigenvalue weighted by molar-refractivity contribution is 9.10. The summed E-state index contributed by atoms with van der Waals surface area (Å²) >= 11 is 3.55. The van der Waals surface area contributed by atoms with Gasteiger partial charge in [0.05, 0.1) is 4.47 Å². The van der Waals surface area contributed by atoms with Gasteiger partial charge in [-0.15, -0.1) is 0 Å². The van der Waals surface area contributed by atoms with Gasteiger partial charge in [0.15, 0.2) is 5.82 Å². The van der Waals surface area contributed by atoms with E-state index in [0.29, 0.717) is 0 Å². The normalized spacial score (nSPS) is 19.1. The zero-order valence-corrected chi connectivity index (χ0v) is 11.0. The monoisotopic (exact) mass is 291 g/mol. The van der Waals surface area contributed by atoms with Crippen molar-refractivity contribution >= 4 is 15.9 Å². The lowest BCUT2D eigenvalue weighted by Crippen LogP contribution is -2.18.